The number of fused-ring (bicyclic) bond motifs is 10. The Hall–Kier alpha value is -4.86. The molecule has 0 fully saturated rings. The monoisotopic (exact) mass is 698 g/mol. The number of halogens is 1. The molecular formula is C46H39BrN2. The van der Waals surface area contributed by atoms with E-state index < -0.39 is 0 Å². The highest BCUT2D eigenvalue weighted by molar-refractivity contribution is 9.10. The summed E-state index contributed by atoms with van der Waals surface area (Å²) in [5, 5.41) is 10.2. The lowest BCUT2D eigenvalue weighted by atomic mass is 9.86. The van der Waals surface area contributed by atoms with Crippen molar-refractivity contribution >= 4 is 81.1 Å². The molecule has 0 aliphatic carbocycles. The third-order valence-corrected chi connectivity index (χ3v) is 11.3. The van der Waals surface area contributed by atoms with E-state index in [2.05, 4.69) is 194 Å². The van der Waals surface area contributed by atoms with Gasteiger partial charge in [0.1, 0.15) is 0 Å². The van der Waals surface area contributed by atoms with E-state index in [1.165, 1.54) is 76.3 Å². The van der Waals surface area contributed by atoms with Gasteiger partial charge < -0.3 is 9.13 Å². The first-order valence-corrected chi connectivity index (χ1v) is 18.0. The zero-order valence-corrected chi connectivity index (χ0v) is 30.5. The Kier molecular flexibility index (Phi) is 6.52. The maximum absolute atomic E-state index is 4.23. The lowest BCUT2D eigenvalue weighted by molar-refractivity contribution is 0.591. The van der Waals surface area contributed by atoms with Crippen LogP contribution in [0.2, 0.25) is 0 Å². The van der Waals surface area contributed by atoms with Crippen LogP contribution in [-0.4, -0.2) is 9.13 Å². The predicted molar refractivity (Wildman–Crippen MR) is 215 cm³/mol. The summed E-state index contributed by atoms with van der Waals surface area (Å²) in [4.78, 5) is 0. The fourth-order valence-corrected chi connectivity index (χ4v) is 8.49. The van der Waals surface area contributed by atoms with Crippen LogP contribution in [0.1, 0.15) is 52.7 Å². The van der Waals surface area contributed by atoms with Gasteiger partial charge in [0.25, 0.3) is 0 Å². The normalized spacial score (nSPS) is 12.8. The topological polar surface area (TPSA) is 9.86 Å². The number of hydrogen-bond acceptors (Lipinski definition) is 0. The quantitative estimate of drug-likeness (QED) is 0.170. The molecular weight excluding hydrogens is 660 g/mol. The molecule has 0 saturated carbocycles. The van der Waals surface area contributed by atoms with Crippen molar-refractivity contribution in [2.45, 2.75) is 52.4 Å². The second-order valence-electron chi connectivity index (χ2n) is 15.6. The standard InChI is InChI=1S/C46H39BrN2/c1-45(2,3)30-20-24-37-35(26-30)34-22-18-29-13-8-10-15-33(29)44(34)49(37)41-17-11-16-40(43(41)47)48-38-25-21-31(46(4,5)6)27-36(38)42-32-14-9-7-12-28(32)19-23-39(42)48/h7-27H,1-6H3. The molecule has 0 saturated heterocycles. The van der Waals surface area contributed by atoms with Crippen molar-refractivity contribution < 1.29 is 0 Å². The first-order valence-electron chi connectivity index (χ1n) is 17.2. The van der Waals surface area contributed by atoms with E-state index in [-0.39, 0.29) is 10.8 Å². The average Bonchev–Trinajstić information content (AvgIpc) is 3.60. The maximum Gasteiger partial charge on any atom is 0.0656 e. The molecule has 0 aliphatic heterocycles. The average molecular weight is 700 g/mol. The Morgan fingerprint density at radius 3 is 1.63 bits per heavy atom. The van der Waals surface area contributed by atoms with Crippen molar-refractivity contribution in [1.82, 2.24) is 9.13 Å². The maximum atomic E-state index is 4.23. The van der Waals surface area contributed by atoms with E-state index in [9.17, 15) is 0 Å². The third kappa shape index (κ3) is 4.52. The summed E-state index contributed by atoms with van der Waals surface area (Å²) < 4.78 is 6.00. The summed E-state index contributed by atoms with van der Waals surface area (Å²) in [6.45, 7) is 13.8. The molecule has 0 aliphatic rings. The number of aromatic nitrogens is 2. The number of rotatable bonds is 2. The van der Waals surface area contributed by atoms with Gasteiger partial charge in [0, 0.05) is 26.9 Å². The highest BCUT2D eigenvalue weighted by atomic mass is 79.9. The van der Waals surface area contributed by atoms with Crippen molar-refractivity contribution in [3.63, 3.8) is 0 Å². The number of benzene rings is 7. The van der Waals surface area contributed by atoms with E-state index in [1.54, 1.807) is 0 Å². The molecule has 0 spiro atoms. The van der Waals surface area contributed by atoms with Crippen molar-refractivity contribution in [1.29, 1.82) is 0 Å². The van der Waals surface area contributed by atoms with Gasteiger partial charge in [0.05, 0.1) is 37.9 Å². The smallest absolute Gasteiger partial charge is 0.0656 e. The minimum Gasteiger partial charge on any atom is -0.308 e. The minimum atomic E-state index is 0.0415. The molecule has 0 radical (unpaired) electrons. The summed E-state index contributed by atoms with van der Waals surface area (Å²) in [5.41, 5.74) is 9.88. The Morgan fingerprint density at radius 1 is 0.429 bits per heavy atom. The first-order chi connectivity index (χ1) is 23.5. The van der Waals surface area contributed by atoms with Crippen LogP contribution in [0.5, 0.6) is 0 Å². The summed E-state index contributed by atoms with van der Waals surface area (Å²) in [7, 11) is 0. The van der Waals surface area contributed by atoms with Crippen molar-refractivity contribution in [2.24, 2.45) is 0 Å². The Balaban J connectivity index is 1.40. The van der Waals surface area contributed by atoms with Gasteiger partial charge in [-0.15, -0.1) is 0 Å². The minimum absolute atomic E-state index is 0.0415. The van der Waals surface area contributed by atoms with E-state index in [0.717, 1.165) is 15.8 Å². The summed E-state index contributed by atoms with van der Waals surface area (Å²) in [6, 6.07) is 47.5. The van der Waals surface area contributed by atoms with Gasteiger partial charge in [0.2, 0.25) is 0 Å². The summed E-state index contributed by atoms with van der Waals surface area (Å²) in [6.07, 6.45) is 0. The van der Waals surface area contributed by atoms with Crippen LogP contribution in [0.25, 0.3) is 76.5 Å². The van der Waals surface area contributed by atoms with Gasteiger partial charge >= 0.3 is 0 Å². The van der Waals surface area contributed by atoms with Gasteiger partial charge in [-0.3, -0.25) is 0 Å². The van der Waals surface area contributed by atoms with Crippen LogP contribution in [0.15, 0.2) is 132 Å². The Morgan fingerprint density at radius 2 is 0.959 bits per heavy atom. The number of hydrogen-bond donors (Lipinski definition) is 0. The molecule has 0 unspecified atom stereocenters. The Labute approximate surface area is 295 Å². The SMILES string of the molecule is CC(C)(C)c1ccc2c(c1)c1c3ccccc3ccc1n2-c1cccc(-n2c3ccc(C(C)(C)C)cc3c3ccc4ccccc4c32)c1Br. The molecule has 2 heterocycles. The van der Waals surface area contributed by atoms with Crippen LogP contribution in [0.4, 0.5) is 0 Å². The van der Waals surface area contributed by atoms with Crippen LogP contribution < -0.4 is 0 Å². The van der Waals surface area contributed by atoms with E-state index >= 15 is 0 Å². The largest absolute Gasteiger partial charge is 0.308 e. The zero-order valence-electron chi connectivity index (χ0n) is 28.9. The van der Waals surface area contributed by atoms with Gasteiger partial charge in [-0.2, -0.15) is 0 Å². The van der Waals surface area contributed by atoms with Crippen molar-refractivity contribution in [3.8, 4) is 11.4 Å². The molecule has 9 rings (SSSR count). The third-order valence-electron chi connectivity index (χ3n) is 10.5. The highest BCUT2D eigenvalue weighted by Crippen LogP contribution is 2.44. The van der Waals surface area contributed by atoms with Crippen LogP contribution in [-0.2, 0) is 10.8 Å². The second-order valence-corrected chi connectivity index (χ2v) is 16.4. The fraction of sp³-hybridized carbons (Fsp3) is 0.174. The fourth-order valence-electron chi connectivity index (χ4n) is 7.87. The summed E-state index contributed by atoms with van der Waals surface area (Å²) >= 11 is 4.23. The van der Waals surface area contributed by atoms with Gasteiger partial charge in [-0.05, 0) is 96.5 Å². The zero-order chi connectivity index (χ0) is 33.8. The highest BCUT2D eigenvalue weighted by Gasteiger charge is 2.24. The summed E-state index contributed by atoms with van der Waals surface area (Å²) in [5.74, 6) is 0. The molecule has 240 valence electrons. The van der Waals surface area contributed by atoms with E-state index in [1.807, 2.05) is 0 Å². The van der Waals surface area contributed by atoms with Gasteiger partial charge in [-0.1, -0.05) is 126 Å². The second kappa shape index (κ2) is 10.6. The lowest BCUT2D eigenvalue weighted by Gasteiger charge is -2.20. The van der Waals surface area contributed by atoms with Crippen molar-refractivity contribution in [2.75, 3.05) is 0 Å². The molecule has 0 amide bonds. The number of nitrogens with zero attached hydrogens (tertiary/aromatic N) is 2. The molecule has 0 N–H and O–H groups in total. The van der Waals surface area contributed by atoms with Gasteiger partial charge in [-0.25, -0.2) is 0 Å². The van der Waals surface area contributed by atoms with Crippen LogP contribution in [0.3, 0.4) is 0 Å². The molecule has 2 nitrogen and oxygen atoms in total. The molecule has 3 heteroatoms. The van der Waals surface area contributed by atoms with Gasteiger partial charge in [0.15, 0.2) is 0 Å². The van der Waals surface area contributed by atoms with Crippen LogP contribution in [0, 0.1) is 0 Å². The van der Waals surface area contributed by atoms with Crippen molar-refractivity contribution in [3.05, 3.63) is 143 Å². The van der Waals surface area contributed by atoms with E-state index in [0.29, 0.717) is 0 Å². The predicted octanol–water partition coefficient (Wildman–Crippen LogP) is 13.5. The molecule has 49 heavy (non-hydrogen) atoms. The lowest BCUT2D eigenvalue weighted by Crippen LogP contribution is -2.10. The molecule has 0 bridgehead atoms. The molecule has 2 aromatic heterocycles. The van der Waals surface area contributed by atoms with Crippen LogP contribution >= 0.6 is 15.9 Å². The van der Waals surface area contributed by atoms with E-state index in [4.69, 9.17) is 0 Å². The first kappa shape index (κ1) is 30.2. The molecule has 7 aromatic carbocycles. The Bertz CT molecular complexity index is 2800. The molecule has 0 atom stereocenters. The molecule has 9 aromatic rings.